The van der Waals surface area contributed by atoms with E-state index in [9.17, 15) is 4.79 Å². The summed E-state index contributed by atoms with van der Waals surface area (Å²) in [4.78, 5) is 17.1. The zero-order chi connectivity index (χ0) is 26.6. The van der Waals surface area contributed by atoms with E-state index in [1.54, 1.807) is 25.3 Å². The first-order valence-corrected chi connectivity index (χ1v) is 13.8. The lowest BCUT2D eigenvalue weighted by molar-refractivity contribution is -0.114. The van der Waals surface area contributed by atoms with Crippen molar-refractivity contribution in [3.05, 3.63) is 58.7 Å². The molecule has 38 heavy (non-hydrogen) atoms. The van der Waals surface area contributed by atoms with Crippen LogP contribution in [0.3, 0.4) is 0 Å². The molecule has 0 spiro atoms. The molecule has 2 heterocycles. The van der Waals surface area contributed by atoms with Gasteiger partial charge in [0.1, 0.15) is 24.0 Å². The highest BCUT2D eigenvalue weighted by atomic mass is 32.2. The number of hydrazone groups is 1. The summed E-state index contributed by atoms with van der Waals surface area (Å²) in [5.74, 6) is 1.93. The molecule has 5 rings (SSSR count). The molecule has 9 heteroatoms. The van der Waals surface area contributed by atoms with Crippen LogP contribution in [0.15, 0.2) is 52.1 Å². The van der Waals surface area contributed by atoms with Crippen LogP contribution in [0.1, 0.15) is 48.8 Å². The monoisotopic (exact) mass is 532 g/mol. The molecule has 0 bridgehead atoms. The first-order chi connectivity index (χ1) is 18.4. The van der Waals surface area contributed by atoms with Crippen molar-refractivity contribution in [2.45, 2.75) is 46.0 Å². The van der Waals surface area contributed by atoms with Crippen LogP contribution < -0.4 is 14.2 Å². The van der Waals surface area contributed by atoms with E-state index in [1.165, 1.54) is 41.6 Å². The number of hydrogen-bond acceptors (Lipinski definition) is 7. The van der Waals surface area contributed by atoms with Crippen molar-refractivity contribution >= 4 is 39.8 Å². The van der Waals surface area contributed by atoms with Gasteiger partial charge in [0, 0.05) is 5.92 Å². The van der Waals surface area contributed by atoms with Gasteiger partial charge in [-0.1, -0.05) is 43.0 Å². The topological polar surface area (TPSA) is 96.6 Å². The summed E-state index contributed by atoms with van der Waals surface area (Å²) in [6.07, 6.45) is 7.50. The standard InChI is InChI=1S/C29H32N4O4S/c1-18-9-11-23(19(2)15-18)36-13-14-37-24-12-10-20(17-25(24)35-3)16-22-26(30)33-29(31-27(22)34)38-28(32-33)21-7-5-4-6-8-21/h9-12,15-17,21,30H,4-8,13-14H2,1-3H3. The first-order valence-electron chi connectivity index (χ1n) is 12.9. The molecule has 1 fully saturated rings. The number of aliphatic imine (C=N–C) groups is 1. The van der Waals surface area contributed by atoms with Crippen molar-refractivity contribution in [2.75, 3.05) is 20.3 Å². The lowest BCUT2D eigenvalue weighted by atomic mass is 9.90. The van der Waals surface area contributed by atoms with Gasteiger partial charge in [-0.25, -0.2) is 0 Å². The molecule has 1 saturated carbocycles. The number of fused-ring (bicyclic) bond motifs is 1. The molecule has 1 amide bonds. The zero-order valence-electron chi connectivity index (χ0n) is 22.0. The van der Waals surface area contributed by atoms with E-state index in [1.807, 2.05) is 25.1 Å². The maximum Gasteiger partial charge on any atom is 0.283 e. The molecule has 2 aromatic carbocycles. The quantitative estimate of drug-likeness (QED) is 0.332. The van der Waals surface area contributed by atoms with Crippen LogP contribution in [0, 0.1) is 25.2 Å². The van der Waals surface area contributed by atoms with Gasteiger partial charge in [0.05, 0.1) is 12.7 Å². The molecule has 1 N–H and O–H groups in total. The Labute approximate surface area is 227 Å². The molecule has 0 unspecified atom stereocenters. The van der Waals surface area contributed by atoms with Crippen LogP contribution >= 0.6 is 11.8 Å². The minimum Gasteiger partial charge on any atom is -0.493 e. The number of carbonyl (C=O) groups excluding carboxylic acids is 1. The van der Waals surface area contributed by atoms with E-state index in [4.69, 9.17) is 19.6 Å². The fraction of sp³-hybridized carbons (Fsp3) is 0.379. The molecule has 1 aliphatic carbocycles. The number of methoxy groups -OCH3 is 1. The summed E-state index contributed by atoms with van der Waals surface area (Å²) in [6.45, 7) is 4.81. The smallest absolute Gasteiger partial charge is 0.283 e. The number of thioether (sulfide) groups is 1. The average molecular weight is 533 g/mol. The van der Waals surface area contributed by atoms with Crippen molar-refractivity contribution in [3.8, 4) is 17.2 Å². The number of amides is 1. The lowest BCUT2D eigenvalue weighted by Gasteiger charge is -2.20. The fourth-order valence-electron chi connectivity index (χ4n) is 4.85. The van der Waals surface area contributed by atoms with Crippen LogP contribution in [0.5, 0.6) is 17.2 Å². The van der Waals surface area contributed by atoms with E-state index < -0.39 is 5.91 Å². The Morgan fingerprint density at radius 1 is 1.03 bits per heavy atom. The predicted octanol–water partition coefficient (Wildman–Crippen LogP) is 5.97. The third kappa shape index (κ3) is 5.62. The molecule has 0 saturated heterocycles. The predicted molar refractivity (Wildman–Crippen MR) is 151 cm³/mol. The number of aryl methyl sites for hydroxylation is 2. The average Bonchev–Trinajstić information content (AvgIpc) is 3.35. The van der Waals surface area contributed by atoms with Crippen molar-refractivity contribution in [2.24, 2.45) is 16.0 Å². The van der Waals surface area contributed by atoms with E-state index in [2.05, 4.69) is 23.1 Å². The van der Waals surface area contributed by atoms with Crippen molar-refractivity contribution in [3.63, 3.8) is 0 Å². The summed E-state index contributed by atoms with van der Waals surface area (Å²) < 4.78 is 17.3. The van der Waals surface area contributed by atoms with Gasteiger partial charge in [0.2, 0.25) is 5.17 Å². The molecule has 8 nitrogen and oxygen atoms in total. The van der Waals surface area contributed by atoms with Crippen molar-refractivity contribution in [1.82, 2.24) is 5.01 Å². The highest BCUT2D eigenvalue weighted by molar-refractivity contribution is 8.27. The molecular weight excluding hydrogens is 500 g/mol. The number of carbonyl (C=O) groups is 1. The Morgan fingerprint density at radius 3 is 2.50 bits per heavy atom. The van der Waals surface area contributed by atoms with E-state index in [0.29, 0.717) is 41.4 Å². The molecular formula is C29H32N4O4S. The summed E-state index contributed by atoms with van der Waals surface area (Å²) in [5, 5.41) is 16.3. The Bertz CT molecular complexity index is 1340. The second-order valence-corrected chi connectivity index (χ2v) is 10.7. The van der Waals surface area contributed by atoms with Gasteiger partial charge >= 0.3 is 0 Å². The van der Waals surface area contributed by atoms with Gasteiger partial charge in [-0.2, -0.15) is 15.1 Å². The van der Waals surface area contributed by atoms with Crippen molar-refractivity contribution in [1.29, 1.82) is 5.41 Å². The third-order valence-corrected chi connectivity index (χ3v) is 7.92. The van der Waals surface area contributed by atoms with Gasteiger partial charge in [0.15, 0.2) is 17.3 Å². The summed E-state index contributed by atoms with van der Waals surface area (Å²) >= 11 is 1.42. The second-order valence-electron chi connectivity index (χ2n) is 9.67. The number of ether oxygens (including phenoxy) is 3. The SMILES string of the molecule is COc1cc(C=C2C(=N)N3N=C(C4CCCCC4)SC3=NC2=O)ccc1OCCOc1ccc(C)cc1C. The highest BCUT2D eigenvalue weighted by Gasteiger charge is 2.38. The first kappa shape index (κ1) is 26.0. The van der Waals surface area contributed by atoms with Crippen LogP contribution in [-0.2, 0) is 4.79 Å². The van der Waals surface area contributed by atoms with Gasteiger partial charge in [-0.05, 0) is 73.9 Å². The van der Waals surface area contributed by atoms with Crippen LogP contribution in [-0.4, -0.2) is 47.3 Å². The summed E-state index contributed by atoms with van der Waals surface area (Å²) in [6, 6.07) is 11.5. The van der Waals surface area contributed by atoms with Crippen LogP contribution in [0.2, 0.25) is 0 Å². The molecule has 2 aliphatic heterocycles. The molecule has 0 atom stereocenters. The number of nitrogens with zero attached hydrogens (tertiary/aromatic N) is 3. The Hall–Kier alpha value is -3.59. The Balaban J connectivity index is 1.25. The van der Waals surface area contributed by atoms with E-state index in [-0.39, 0.29) is 11.4 Å². The zero-order valence-corrected chi connectivity index (χ0v) is 22.8. The van der Waals surface area contributed by atoms with Crippen LogP contribution in [0.25, 0.3) is 6.08 Å². The van der Waals surface area contributed by atoms with Gasteiger partial charge < -0.3 is 14.2 Å². The van der Waals surface area contributed by atoms with Gasteiger partial charge in [-0.3, -0.25) is 10.2 Å². The van der Waals surface area contributed by atoms with Crippen molar-refractivity contribution < 1.29 is 19.0 Å². The highest BCUT2D eigenvalue weighted by Crippen LogP contribution is 2.36. The largest absolute Gasteiger partial charge is 0.493 e. The second kappa shape index (κ2) is 11.4. The maximum absolute atomic E-state index is 12.8. The summed E-state index contributed by atoms with van der Waals surface area (Å²) in [5.41, 5.74) is 3.18. The molecule has 2 aromatic rings. The van der Waals surface area contributed by atoms with Crippen LogP contribution in [0.4, 0.5) is 0 Å². The molecule has 198 valence electrons. The Morgan fingerprint density at radius 2 is 1.76 bits per heavy atom. The minimum atomic E-state index is -0.434. The third-order valence-electron chi connectivity index (χ3n) is 6.85. The molecule has 0 radical (unpaired) electrons. The molecule has 3 aliphatic rings. The normalized spacial score (nSPS) is 18.8. The van der Waals surface area contributed by atoms with Gasteiger partial charge in [0.25, 0.3) is 5.91 Å². The number of amidine groups is 2. The summed E-state index contributed by atoms with van der Waals surface area (Å²) in [7, 11) is 1.57. The minimum absolute atomic E-state index is 0.0427. The number of benzene rings is 2. The van der Waals surface area contributed by atoms with Gasteiger partial charge in [-0.15, -0.1) is 0 Å². The number of hydrogen-bond donors (Lipinski definition) is 1. The van der Waals surface area contributed by atoms with E-state index >= 15 is 0 Å². The maximum atomic E-state index is 12.8. The lowest BCUT2D eigenvalue weighted by Crippen LogP contribution is -2.35. The Kier molecular flexibility index (Phi) is 7.83. The fourth-order valence-corrected chi connectivity index (χ4v) is 5.90. The molecule has 0 aromatic heterocycles. The van der Waals surface area contributed by atoms with E-state index in [0.717, 1.165) is 29.2 Å². The number of rotatable bonds is 8. The number of nitrogens with one attached hydrogen (secondary N) is 1.